The average Bonchev–Trinajstić information content (AvgIpc) is 3.05. The molecule has 3 rings (SSSR count). The van der Waals surface area contributed by atoms with Crippen molar-refractivity contribution in [2.24, 2.45) is 0 Å². The van der Waals surface area contributed by atoms with Crippen LogP contribution in [0.1, 0.15) is 18.7 Å². The van der Waals surface area contributed by atoms with Crippen LogP contribution in [-0.2, 0) is 6.54 Å². The Morgan fingerprint density at radius 3 is 2.81 bits per heavy atom. The van der Waals surface area contributed by atoms with Gasteiger partial charge in [0.25, 0.3) is 5.95 Å². The normalized spacial score (nSPS) is 15.2. The highest BCUT2D eigenvalue weighted by atomic mass is 15.4. The standard InChI is InChI=1S/C10H12N6/c1-4-11-10(12-5-1)16-9(14-7-15-16)6-13-8-2-3-8/h1,4-5,7-8,13H,2-3,6H2. The third-order valence-electron chi connectivity index (χ3n) is 2.49. The first-order valence-corrected chi connectivity index (χ1v) is 5.33. The van der Waals surface area contributed by atoms with Crippen molar-refractivity contribution in [1.82, 2.24) is 30.0 Å². The van der Waals surface area contributed by atoms with Gasteiger partial charge < -0.3 is 5.32 Å². The molecule has 1 fully saturated rings. The molecule has 0 saturated heterocycles. The van der Waals surface area contributed by atoms with Crippen molar-refractivity contribution >= 4 is 0 Å². The van der Waals surface area contributed by atoms with Gasteiger partial charge in [-0.15, -0.1) is 0 Å². The molecule has 0 spiro atoms. The summed E-state index contributed by atoms with van der Waals surface area (Å²) in [6.07, 6.45) is 7.44. The summed E-state index contributed by atoms with van der Waals surface area (Å²) in [5.41, 5.74) is 0. The Balaban J connectivity index is 1.81. The number of hydrogen-bond donors (Lipinski definition) is 1. The zero-order chi connectivity index (χ0) is 10.8. The van der Waals surface area contributed by atoms with Crippen LogP contribution in [0.5, 0.6) is 0 Å². The molecule has 1 N–H and O–H groups in total. The van der Waals surface area contributed by atoms with Gasteiger partial charge in [-0.25, -0.2) is 15.0 Å². The van der Waals surface area contributed by atoms with Crippen LogP contribution in [0.3, 0.4) is 0 Å². The molecule has 0 unspecified atom stereocenters. The van der Waals surface area contributed by atoms with Crippen LogP contribution >= 0.6 is 0 Å². The van der Waals surface area contributed by atoms with Crippen LogP contribution in [0, 0.1) is 0 Å². The summed E-state index contributed by atoms with van der Waals surface area (Å²) in [6.45, 7) is 0.711. The highest BCUT2D eigenvalue weighted by Gasteiger charge is 2.21. The van der Waals surface area contributed by atoms with E-state index < -0.39 is 0 Å². The molecule has 82 valence electrons. The molecule has 6 nitrogen and oxygen atoms in total. The average molecular weight is 216 g/mol. The molecule has 2 aromatic heterocycles. The van der Waals surface area contributed by atoms with Crippen molar-refractivity contribution in [2.75, 3.05) is 0 Å². The summed E-state index contributed by atoms with van der Waals surface area (Å²) >= 11 is 0. The van der Waals surface area contributed by atoms with Crippen LogP contribution in [0.25, 0.3) is 5.95 Å². The van der Waals surface area contributed by atoms with E-state index in [0.29, 0.717) is 18.5 Å². The van der Waals surface area contributed by atoms with Crippen molar-refractivity contribution in [1.29, 1.82) is 0 Å². The minimum atomic E-state index is 0.563. The van der Waals surface area contributed by atoms with Crippen LogP contribution in [-0.4, -0.2) is 30.8 Å². The lowest BCUT2D eigenvalue weighted by Crippen LogP contribution is -2.19. The minimum absolute atomic E-state index is 0.563. The lowest BCUT2D eigenvalue weighted by molar-refractivity contribution is 0.628. The summed E-state index contributed by atoms with van der Waals surface area (Å²) in [7, 11) is 0. The van der Waals surface area contributed by atoms with Crippen molar-refractivity contribution in [2.45, 2.75) is 25.4 Å². The maximum absolute atomic E-state index is 4.20. The van der Waals surface area contributed by atoms with E-state index in [1.165, 1.54) is 19.2 Å². The Labute approximate surface area is 92.8 Å². The van der Waals surface area contributed by atoms with E-state index in [1.54, 1.807) is 23.1 Å². The molecular weight excluding hydrogens is 204 g/mol. The lowest BCUT2D eigenvalue weighted by Gasteiger charge is -2.04. The van der Waals surface area contributed by atoms with Gasteiger partial charge in [0, 0.05) is 18.4 Å². The third-order valence-corrected chi connectivity index (χ3v) is 2.49. The Morgan fingerprint density at radius 1 is 1.25 bits per heavy atom. The van der Waals surface area contributed by atoms with Crippen molar-refractivity contribution in [3.63, 3.8) is 0 Å². The van der Waals surface area contributed by atoms with Crippen LogP contribution in [0.4, 0.5) is 0 Å². The fraction of sp³-hybridized carbons (Fsp3) is 0.400. The molecule has 1 saturated carbocycles. The second-order valence-electron chi connectivity index (χ2n) is 3.79. The number of nitrogens with zero attached hydrogens (tertiary/aromatic N) is 5. The summed E-state index contributed by atoms with van der Waals surface area (Å²) in [5.74, 6) is 1.41. The fourth-order valence-electron chi connectivity index (χ4n) is 1.48. The molecule has 0 bridgehead atoms. The summed E-state index contributed by atoms with van der Waals surface area (Å²) in [4.78, 5) is 12.5. The molecule has 0 atom stereocenters. The lowest BCUT2D eigenvalue weighted by atomic mass is 10.5. The Bertz CT molecular complexity index is 461. The molecule has 0 aromatic carbocycles. The van der Waals surface area contributed by atoms with Gasteiger partial charge in [0.2, 0.25) is 0 Å². The molecule has 1 aliphatic carbocycles. The Hall–Kier alpha value is -1.82. The second-order valence-corrected chi connectivity index (χ2v) is 3.79. The second kappa shape index (κ2) is 3.97. The first-order valence-electron chi connectivity index (χ1n) is 5.33. The molecular formula is C10H12N6. The number of aromatic nitrogens is 5. The number of nitrogens with one attached hydrogen (secondary N) is 1. The van der Waals surface area contributed by atoms with Gasteiger partial charge in [0.15, 0.2) is 0 Å². The van der Waals surface area contributed by atoms with Crippen molar-refractivity contribution < 1.29 is 0 Å². The van der Waals surface area contributed by atoms with E-state index in [4.69, 9.17) is 0 Å². The SMILES string of the molecule is c1cnc(-n2ncnc2CNC2CC2)nc1. The van der Waals surface area contributed by atoms with E-state index in [1.807, 2.05) is 0 Å². The van der Waals surface area contributed by atoms with Crippen LogP contribution < -0.4 is 5.32 Å². The molecule has 0 amide bonds. The number of hydrogen-bond acceptors (Lipinski definition) is 5. The van der Waals surface area contributed by atoms with Gasteiger partial charge in [-0.1, -0.05) is 0 Å². The zero-order valence-electron chi connectivity index (χ0n) is 8.74. The molecule has 1 aliphatic rings. The van der Waals surface area contributed by atoms with Gasteiger partial charge in [0.1, 0.15) is 12.2 Å². The van der Waals surface area contributed by atoms with Gasteiger partial charge in [-0.2, -0.15) is 9.78 Å². The largest absolute Gasteiger partial charge is 0.307 e. The van der Waals surface area contributed by atoms with Crippen LogP contribution in [0.15, 0.2) is 24.8 Å². The summed E-state index contributed by atoms with van der Waals surface area (Å²) in [6, 6.07) is 2.43. The van der Waals surface area contributed by atoms with E-state index in [9.17, 15) is 0 Å². The maximum atomic E-state index is 4.20. The summed E-state index contributed by atoms with van der Waals surface area (Å²) in [5, 5.41) is 7.52. The predicted octanol–water partition coefficient (Wildman–Crippen LogP) is 0.309. The van der Waals surface area contributed by atoms with Gasteiger partial charge in [0.05, 0.1) is 6.54 Å². The highest BCUT2D eigenvalue weighted by Crippen LogP contribution is 2.19. The first kappa shape index (κ1) is 9.41. The number of rotatable bonds is 4. The monoisotopic (exact) mass is 216 g/mol. The predicted molar refractivity (Wildman–Crippen MR) is 56.8 cm³/mol. The van der Waals surface area contributed by atoms with Gasteiger partial charge in [-0.05, 0) is 18.9 Å². The van der Waals surface area contributed by atoms with Crippen molar-refractivity contribution in [3.8, 4) is 5.95 Å². The van der Waals surface area contributed by atoms with E-state index in [2.05, 4.69) is 25.4 Å². The van der Waals surface area contributed by atoms with Gasteiger partial charge >= 0.3 is 0 Å². The minimum Gasteiger partial charge on any atom is -0.307 e. The zero-order valence-corrected chi connectivity index (χ0v) is 8.74. The Morgan fingerprint density at radius 2 is 2.06 bits per heavy atom. The highest BCUT2D eigenvalue weighted by molar-refractivity contribution is 5.10. The topological polar surface area (TPSA) is 68.5 Å². The van der Waals surface area contributed by atoms with E-state index >= 15 is 0 Å². The van der Waals surface area contributed by atoms with E-state index in [0.717, 1.165) is 5.82 Å². The van der Waals surface area contributed by atoms with Gasteiger partial charge in [-0.3, -0.25) is 0 Å². The Kier molecular flexibility index (Phi) is 2.34. The fourth-order valence-corrected chi connectivity index (χ4v) is 1.48. The molecule has 2 aromatic rings. The smallest absolute Gasteiger partial charge is 0.252 e. The molecule has 0 radical (unpaired) electrons. The molecule has 6 heteroatoms. The summed E-state index contributed by atoms with van der Waals surface area (Å²) < 4.78 is 1.66. The molecule has 2 heterocycles. The van der Waals surface area contributed by atoms with Crippen molar-refractivity contribution in [3.05, 3.63) is 30.6 Å². The maximum Gasteiger partial charge on any atom is 0.252 e. The van der Waals surface area contributed by atoms with E-state index in [-0.39, 0.29) is 0 Å². The first-order chi connectivity index (χ1) is 7.93. The third kappa shape index (κ3) is 1.92. The van der Waals surface area contributed by atoms with Crippen LogP contribution in [0.2, 0.25) is 0 Å². The molecule has 16 heavy (non-hydrogen) atoms. The quantitative estimate of drug-likeness (QED) is 0.796. The molecule has 0 aliphatic heterocycles.